The molecule has 0 radical (unpaired) electrons. The molecule has 0 spiro atoms. The lowest BCUT2D eigenvalue weighted by molar-refractivity contribution is -0.117. The summed E-state index contributed by atoms with van der Waals surface area (Å²) in [6, 6.07) is 3.68. The lowest BCUT2D eigenvalue weighted by atomic mass is 10.0. The quantitative estimate of drug-likeness (QED) is 0.811. The van der Waals surface area contributed by atoms with Gasteiger partial charge in [0.1, 0.15) is 0 Å². The Morgan fingerprint density at radius 3 is 2.31 bits per heavy atom. The van der Waals surface area contributed by atoms with Crippen LogP contribution >= 0.6 is 0 Å². The molecule has 0 aliphatic heterocycles. The first-order chi connectivity index (χ1) is 7.62. The molecule has 0 aliphatic rings. The first kappa shape index (κ1) is 12.5. The summed E-state index contributed by atoms with van der Waals surface area (Å²) in [6.45, 7) is 1.99. The smallest absolute Gasteiger partial charge is 0.161 e. The van der Waals surface area contributed by atoms with Gasteiger partial charge in [-0.3, -0.25) is 4.79 Å². The van der Waals surface area contributed by atoms with Crippen LogP contribution in [0, 0.1) is 6.92 Å². The number of nitrogens with two attached hydrogens (primary N) is 1. The van der Waals surface area contributed by atoms with E-state index in [4.69, 9.17) is 15.2 Å². The number of ketones is 1. The molecule has 0 atom stereocenters. The van der Waals surface area contributed by atoms with E-state index in [1.165, 1.54) is 0 Å². The highest BCUT2D eigenvalue weighted by Gasteiger charge is 2.10. The third-order valence-corrected chi connectivity index (χ3v) is 2.46. The van der Waals surface area contributed by atoms with Gasteiger partial charge in [0.25, 0.3) is 0 Å². The molecule has 0 unspecified atom stereocenters. The summed E-state index contributed by atoms with van der Waals surface area (Å²) in [6.07, 6.45) is 0.336. The summed E-state index contributed by atoms with van der Waals surface area (Å²) < 4.78 is 10.3. The Kier molecular flexibility index (Phi) is 4.31. The number of hydrogen-bond donors (Lipinski definition) is 1. The molecule has 2 N–H and O–H groups in total. The molecule has 0 amide bonds. The van der Waals surface area contributed by atoms with Gasteiger partial charge in [0.15, 0.2) is 17.3 Å². The second kappa shape index (κ2) is 5.51. The number of rotatable bonds is 5. The zero-order valence-corrected chi connectivity index (χ0v) is 9.87. The Hall–Kier alpha value is -1.55. The van der Waals surface area contributed by atoms with E-state index in [1.54, 1.807) is 14.2 Å². The number of ether oxygens (including phenoxy) is 2. The van der Waals surface area contributed by atoms with Gasteiger partial charge >= 0.3 is 0 Å². The lowest BCUT2D eigenvalue weighted by Crippen LogP contribution is -2.16. The summed E-state index contributed by atoms with van der Waals surface area (Å²) in [4.78, 5) is 11.3. The zero-order chi connectivity index (χ0) is 12.1. The minimum atomic E-state index is 0.00956. The molecule has 1 rings (SSSR count). The summed E-state index contributed by atoms with van der Waals surface area (Å²) in [5.74, 6) is 1.31. The Labute approximate surface area is 95.3 Å². The predicted molar refractivity (Wildman–Crippen MR) is 62.0 cm³/mol. The fraction of sp³-hybridized carbons (Fsp3) is 0.417. The van der Waals surface area contributed by atoms with Crippen molar-refractivity contribution in [3.8, 4) is 11.5 Å². The molecule has 0 heterocycles. The number of hydrogen-bond acceptors (Lipinski definition) is 4. The van der Waals surface area contributed by atoms with E-state index < -0.39 is 0 Å². The van der Waals surface area contributed by atoms with Gasteiger partial charge < -0.3 is 15.2 Å². The number of methoxy groups -OCH3 is 2. The number of benzene rings is 1. The molecule has 1 aromatic carbocycles. The molecule has 0 fully saturated rings. The Balaban J connectivity index is 3.06. The topological polar surface area (TPSA) is 61.5 Å². The van der Waals surface area contributed by atoms with Crippen molar-refractivity contribution in [2.75, 3.05) is 20.8 Å². The van der Waals surface area contributed by atoms with Crippen LogP contribution in [0.1, 0.15) is 11.1 Å². The van der Waals surface area contributed by atoms with E-state index in [-0.39, 0.29) is 12.3 Å². The third-order valence-electron chi connectivity index (χ3n) is 2.46. The van der Waals surface area contributed by atoms with E-state index >= 15 is 0 Å². The van der Waals surface area contributed by atoms with Gasteiger partial charge in [-0.2, -0.15) is 0 Å². The summed E-state index contributed by atoms with van der Waals surface area (Å²) in [7, 11) is 3.16. The highest BCUT2D eigenvalue weighted by atomic mass is 16.5. The SMILES string of the molecule is COc1cc(C)c(CC(=O)CN)cc1OC. The van der Waals surface area contributed by atoms with Crippen LogP contribution in [-0.2, 0) is 11.2 Å². The molecule has 88 valence electrons. The predicted octanol–water partition coefficient (Wildman–Crippen LogP) is 1.08. The number of carbonyl (C=O) groups excluding carboxylic acids is 1. The Bertz CT molecular complexity index is 388. The van der Waals surface area contributed by atoms with Crippen LogP contribution in [0.3, 0.4) is 0 Å². The lowest BCUT2D eigenvalue weighted by Gasteiger charge is -2.12. The van der Waals surface area contributed by atoms with Gasteiger partial charge in [-0.05, 0) is 30.2 Å². The maximum absolute atomic E-state index is 11.3. The van der Waals surface area contributed by atoms with Crippen LogP contribution < -0.4 is 15.2 Å². The largest absolute Gasteiger partial charge is 0.493 e. The summed E-state index contributed by atoms with van der Waals surface area (Å²) in [5, 5.41) is 0. The Morgan fingerprint density at radius 1 is 1.25 bits per heavy atom. The fourth-order valence-corrected chi connectivity index (χ4v) is 1.50. The fourth-order valence-electron chi connectivity index (χ4n) is 1.50. The molecule has 0 aromatic heterocycles. The highest BCUT2D eigenvalue weighted by molar-refractivity contribution is 5.83. The van der Waals surface area contributed by atoms with Gasteiger partial charge in [0.2, 0.25) is 0 Å². The maximum Gasteiger partial charge on any atom is 0.161 e. The van der Waals surface area contributed by atoms with Crippen LogP contribution in [0.2, 0.25) is 0 Å². The van der Waals surface area contributed by atoms with E-state index in [0.717, 1.165) is 11.1 Å². The molecule has 1 aromatic rings. The maximum atomic E-state index is 11.3. The van der Waals surface area contributed by atoms with Gasteiger partial charge in [0, 0.05) is 6.42 Å². The van der Waals surface area contributed by atoms with E-state index in [2.05, 4.69) is 0 Å². The summed E-state index contributed by atoms with van der Waals surface area (Å²) >= 11 is 0. The highest BCUT2D eigenvalue weighted by Crippen LogP contribution is 2.30. The zero-order valence-electron chi connectivity index (χ0n) is 9.87. The van der Waals surface area contributed by atoms with Crippen molar-refractivity contribution in [1.82, 2.24) is 0 Å². The molecular weight excluding hydrogens is 206 g/mol. The average Bonchev–Trinajstić information content (AvgIpc) is 2.30. The standard InChI is InChI=1S/C12H17NO3/c1-8-4-11(15-2)12(16-3)6-9(8)5-10(14)7-13/h4,6H,5,7,13H2,1-3H3. The van der Waals surface area contributed by atoms with Crippen LogP contribution in [-0.4, -0.2) is 26.5 Å². The third kappa shape index (κ3) is 2.73. The van der Waals surface area contributed by atoms with Crippen molar-refractivity contribution in [3.05, 3.63) is 23.3 Å². The normalized spacial score (nSPS) is 10.0. The van der Waals surface area contributed by atoms with Crippen molar-refractivity contribution in [2.24, 2.45) is 5.73 Å². The number of aryl methyl sites for hydroxylation is 1. The molecular formula is C12H17NO3. The van der Waals surface area contributed by atoms with E-state index in [9.17, 15) is 4.79 Å². The van der Waals surface area contributed by atoms with Crippen molar-refractivity contribution in [1.29, 1.82) is 0 Å². The van der Waals surface area contributed by atoms with Gasteiger partial charge in [-0.15, -0.1) is 0 Å². The minimum Gasteiger partial charge on any atom is -0.493 e. The second-order valence-electron chi connectivity index (χ2n) is 3.55. The first-order valence-corrected chi connectivity index (χ1v) is 5.05. The van der Waals surface area contributed by atoms with Gasteiger partial charge in [-0.25, -0.2) is 0 Å². The number of Topliss-reactive ketones (excluding diaryl/α,β-unsaturated/α-hetero) is 1. The van der Waals surface area contributed by atoms with E-state index in [0.29, 0.717) is 17.9 Å². The van der Waals surface area contributed by atoms with Crippen LogP contribution in [0.4, 0.5) is 0 Å². The first-order valence-electron chi connectivity index (χ1n) is 5.05. The Morgan fingerprint density at radius 2 is 1.81 bits per heavy atom. The van der Waals surface area contributed by atoms with Crippen LogP contribution in [0.15, 0.2) is 12.1 Å². The molecule has 0 bridgehead atoms. The van der Waals surface area contributed by atoms with Crippen molar-refractivity contribution < 1.29 is 14.3 Å². The molecule has 0 saturated carbocycles. The number of carbonyl (C=O) groups is 1. The van der Waals surface area contributed by atoms with Crippen molar-refractivity contribution in [3.63, 3.8) is 0 Å². The van der Waals surface area contributed by atoms with Gasteiger partial charge in [-0.1, -0.05) is 0 Å². The molecule has 0 aliphatic carbocycles. The van der Waals surface area contributed by atoms with Crippen LogP contribution in [0.5, 0.6) is 11.5 Å². The molecule has 4 nitrogen and oxygen atoms in total. The molecule has 4 heteroatoms. The molecule has 0 saturated heterocycles. The van der Waals surface area contributed by atoms with E-state index in [1.807, 2.05) is 19.1 Å². The average molecular weight is 223 g/mol. The van der Waals surface area contributed by atoms with Crippen molar-refractivity contribution in [2.45, 2.75) is 13.3 Å². The summed E-state index contributed by atoms with van der Waals surface area (Å²) in [5.41, 5.74) is 7.21. The van der Waals surface area contributed by atoms with Gasteiger partial charge in [0.05, 0.1) is 20.8 Å². The monoisotopic (exact) mass is 223 g/mol. The molecule has 16 heavy (non-hydrogen) atoms. The van der Waals surface area contributed by atoms with Crippen LogP contribution in [0.25, 0.3) is 0 Å². The second-order valence-corrected chi connectivity index (χ2v) is 3.55. The van der Waals surface area contributed by atoms with Crippen molar-refractivity contribution >= 4 is 5.78 Å². The minimum absolute atomic E-state index is 0.00956.